The number of ketones is 1. The van der Waals surface area contributed by atoms with Crippen molar-refractivity contribution in [3.63, 3.8) is 0 Å². The lowest BCUT2D eigenvalue weighted by Gasteiger charge is -2.16. The van der Waals surface area contributed by atoms with Gasteiger partial charge in [0.25, 0.3) is 5.92 Å². The highest BCUT2D eigenvalue weighted by Crippen LogP contribution is 2.31. The molecular weight excluding hydrogens is 226 g/mol. The molecule has 0 unspecified atom stereocenters. The minimum atomic E-state index is -3.20. The second-order valence-corrected chi connectivity index (χ2v) is 3.98. The monoisotopic (exact) mass is 238 g/mol. The molecule has 17 heavy (non-hydrogen) atoms. The fourth-order valence-electron chi connectivity index (χ4n) is 1.83. The Morgan fingerprint density at radius 3 is 2.29 bits per heavy atom. The van der Waals surface area contributed by atoms with Crippen LogP contribution >= 0.6 is 0 Å². The summed E-state index contributed by atoms with van der Waals surface area (Å²) in [5, 5.41) is 8.93. The highest BCUT2D eigenvalue weighted by molar-refractivity contribution is 5.97. The van der Waals surface area contributed by atoms with E-state index in [1.165, 1.54) is 20.8 Å². The van der Waals surface area contributed by atoms with Crippen LogP contribution in [0, 0.1) is 25.2 Å². The van der Waals surface area contributed by atoms with Crippen molar-refractivity contribution in [3.05, 3.63) is 28.1 Å². The predicted molar refractivity (Wildman–Crippen MR) is 58.0 cm³/mol. The van der Waals surface area contributed by atoms with Gasteiger partial charge in [-0.15, -0.1) is 0 Å². The van der Waals surface area contributed by atoms with Crippen LogP contribution in [0.5, 0.6) is 0 Å². The molecule has 0 aliphatic carbocycles. The summed E-state index contributed by atoms with van der Waals surface area (Å²) in [5.41, 5.74) is -0.0441. The number of hydrogen-bond acceptors (Lipinski definition) is 3. The van der Waals surface area contributed by atoms with E-state index in [-0.39, 0.29) is 28.2 Å². The van der Waals surface area contributed by atoms with E-state index in [2.05, 4.69) is 4.98 Å². The van der Waals surface area contributed by atoms with E-state index >= 15 is 0 Å². The number of pyridine rings is 1. The topological polar surface area (TPSA) is 53.8 Å². The van der Waals surface area contributed by atoms with Crippen molar-refractivity contribution in [2.75, 3.05) is 0 Å². The molecule has 0 aromatic carbocycles. The highest BCUT2D eigenvalue weighted by Gasteiger charge is 2.32. The zero-order valence-electron chi connectivity index (χ0n) is 10.1. The van der Waals surface area contributed by atoms with Gasteiger partial charge < -0.3 is 0 Å². The van der Waals surface area contributed by atoms with Crippen LogP contribution in [-0.2, 0) is 5.92 Å². The molecule has 1 aromatic heterocycles. The first-order valence-electron chi connectivity index (χ1n) is 5.00. The lowest BCUT2D eigenvalue weighted by Crippen LogP contribution is -2.17. The molecule has 1 heterocycles. The van der Waals surface area contributed by atoms with Gasteiger partial charge in [-0.05, 0) is 26.3 Å². The molecule has 0 N–H and O–H groups in total. The predicted octanol–water partition coefficient (Wildman–Crippen LogP) is 2.88. The first-order valence-corrected chi connectivity index (χ1v) is 5.00. The molecule has 0 bridgehead atoms. The van der Waals surface area contributed by atoms with E-state index < -0.39 is 11.6 Å². The molecule has 0 spiro atoms. The number of rotatable bonds is 2. The van der Waals surface area contributed by atoms with Gasteiger partial charge in [-0.1, -0.05) is 0 Å². The zero-order chi connectivity index (χ0) is 13.4. The summed E-state index contributed by atoms with van der Waals surface area (Å²) >= 11 is 0. The van der Waals surface area contributed by atoms with Crippen molar-refractivity contribution >= 4 is 5.78 Å². The van der Waals surface area contributed by atoms with Crippen molar-refractivity contribution in [1.82, 2.24) is 4.98 Å². The third-order valence-corrected chi connectivity index (χ3v) is 2.51. The molecule has 0 saturated carbocycles. The molecule has 0 amide bonds. The first kappa shape index (κ1) is 13.2. The molecule has 0 aliphatic rings. The third kappa shape index (κ3) is 2.31. The van der Waals surface area contributed by atoms with Crippen molar-refractivity contribution < 1.29 is 13.6 Å². The van der Waals surface area contributed by atoms with Crippen LogP contribution < -0.4 is 0 Å². The van der Waals surface area contributed by atoms with E-state index in [1.807, 2.05) is 0 Å². The Kier molecular flexibility index (Phi) is 3.28. The number of carbonyl (C=O) groups is 1. The van der Waals surface area contributed by atoms with Crippen LogP contribution in [-0.4, -0.2) is 10.8 Å². The second kappa shape index (κ2) is 4.21. The number of Topliss-reactive ketones (excluding diaryl/α,β-unsaturated/α-hetero) is 1. The number of nitrogens with zero attached hydrogens (tertiary/aromatic N) is 2. The summed E-state index contributed by atoms with van der Waals surface area (Å²) in [6.07, 6.45) is 0. The number of carbonyl (C=O) groups excluding carboxylic acids is 1. The van der Waals surface area contributed by atoms with E-state index in [0.717, 1.165) is 0 Å². The number of aromatic nitrogens is 1. The van der Waals surface area contributed by atoms with Gasteiger partial charge in [-0.3, -0.25) is 4.79 Å². The van der Waals surface area contributed by atoms with Crippen molar-refractivity contribution in [3.8, 4) is 6.07 Å². The lowest BCUT2D eigenvalue weighted by molar-refractivity contribution is 0.0122. The summed E-state index contributed by atoms with van der Waals surface area (Å²) in [4.78, 5) is 15.1. The van der Waals surface area contributed by atoms with Crippen LogP contribution in [0.4, 0.5) is 8.78 Å². The van der Waals surface area contributed by atoms with E-state index in [9.17, 15) is 13.6 Å². The number of alkyl halides is 2. The van der Waals surface area contributed by atoms with Gasteiger partial charge in [-0.2, -0.15) is 14.0 Å². The van der Waals surface area contributed by atoms with Gasteiger partial charge in [0.2, 0.25) is 0 Å². The van der Waals surface area contributed by atoms with E-state index in [4.69, 9.17) is 5.26 Å². The van der Waals surface area contributed by atoms with Gasteiger partial charge in [0.1, 0.15) is 11.8 Å². The molecule has 5 heteroatoms. The van der Waals surface area contributed by atoms with Crippen LogP contribution in [0.3, 0.4) is 0 Å². The molecule has 1 aromatic rings. The fraction of sp³-hybridized carbons (Fsp3) is 0.417. The summed E-state index contributed by atoms with van der Waals surface area (Å²) in [7, 11) is 0. The van der Waals surface area contributed by atoms with Crippen LogP contribution in [0.2, 0.25) is 0 Å². The SMILES string of the molecule is CC(=O)c1c(C)nc(C(C)(F)F)c(C#N)c1C. The maximum absolute atomic E-state index is 13.3. The summed E-state index contributed by atoms with van der Waals surface area (Å²) in [5.74, 6) is -3.48. The maximum atomic E-state index is 13.3. The standard InChI is InChI=1S/C12H12F2N2O/c1-6-9(5-15)11(12(4,13)14)16-7(2)10(6)8(3)17/h1-4H3. The highest BCUT2D eigenvalue weighted by atomic mass is 19.3. The van der Waals surface area contributed by atoms with Gasteiger partial charge in [-0.25, -0.2) is 4.98 Å². The van der Waals surface area contributed by atoms with Crippen molar-refractivity contribution in [2.45, 2.75) is 33.6 Å². The van der Waals surface area contributed by atoms with E-state index in [0.29, 0.717) is 6.92 Å². The van der Waals surface area contributed by atoms with Gasteiger partial charge in [0.05, 0.1) is 5.56 Å². The summed E-state index contributed by atoms with van der Waals surface area (Å²) in [6.45, 7) is 4.98. The minimum absolute atomic E-state index is 0.215. The number of halogens is 2. The molecule has 0 atom stereocenters. The Labute approximate surface area is 98.1 Å². The molecule has 0 aliphatic heterocycles. The summed E-state index contributed by atoms with van der Waals surface area (Å²) < 4.78 is 26.6. The quantitative estimate of drug-likeness (QED) is 0.744. The van der Waals surface area contributed by atoms with Gasteiger partial charge >= 0.3 is 0 Å². The lowest BCUT2D eigenvalue weighted by atomic mass is 9.96. The molecule has 0 fully saturated rings. The van der Waals surface area contributed by atoms with Crippen LogP contribution in [0.25, 0.3) is 0 Å². The third-order valence-electron chi connectivity index (χ3n) is 2.51. The van der Waals surface area contributed by atoms with Crippen LogP contribution in [0.15, 0.2) is 0 Å². The maximum Gasteiger partial charge on any atom is 0.288 e. The molecule has 3 nitrogen and oxygen atoms in total. The van der Waals surface area contributed by atoms with E-state index in [1.54, 1.807) is 6.07 Å². The van der Waals surface area contributed by atoms with Gasteiger partial charge in [0, 0.05) is 18.2 Å². The second-order valence-electron chi connectivity index (χ2n) is 3.98. The molecule has 0 radical (unpaired) electrons. The fourth-order valence-corrected chi connectivity index (χ4v) is 1.83. The first-order chi connectivity index (χ1) is 7.70. The number of nitriles is 1. The smallest absolute Gasteiger partial charge is 0.288 e. The molecule has 1 rings (SSSR count). The molecular formula is C12H12F2N2O. The Hall–Kier alpha value is -1.83. The molecule has 90 valence electrons. The Bertz CT molecular complexity index is 525. The zero-order valence-corrected chi connectivity index (χ0v) is 10.1. The van der Waals surface area contributed by atoms with Crippen molar-refractivity contribution in [2.24, 2.45) is 0 Å². The number of aryl methyl sites for hydroxylation is 1. The Morgan fingerprint density at radius 1 is 1.41 bits per heavy atom. The largest absolute Gasteiger partial charge is 0.294 e. The van der Waals surface area contributed by atoms with Crippen molar-refractivity contribution in [1.29, 1.82) is 5.26 Å². The Balaban J connectivity index is 3.72. The average Bonchev–Trinajstić information content (AvgIpc) is 2.14. The molecule has 0 saturated heterocycles. The summed E-state index contributed by atoms with van der Waals surface area (Å²) in [6, 6.07) is 1.70. The van der Waals surface area contributed by atoms with Crippen LogP contribution in [0.1, 0.15) is 46.7 Å². The minimum Gasteiger partial charge on any atom is -0.294 e. The average molecular weight is 238 g/mol. The normalized spacial score (nSPS) is 11.1. The number of hydrogen-bond donors (Lipinski definition) is 0. The Morgan fingerprint density at radius 2 is 1.94 bits per heavy atom. The van der Waals surface area contributed by atoms with Gasteiger partial charge in [0.15, 0.2) is 5.78 Å².